The average Bonchev–Trinajstić information content (AvgIpc) is 3.36. The fourth-order valence-electron chi connectivity index (χ4n) is 4.40. The van der Waals surface area contributed by atoms with Gasteiger partial charge in [-0.1, -0.05) is 0 Å². The van der Waals surface area contributed by atoms with E-state index in [2.05, 4.69) is 25.5 Å². The molecule has 2 atom stereocenters. The molecule has 14 heteroatoms. The number of carbonyl (C=O) groups excluding carboxylic acids is 2. The van der Waals surface area contributed by atoms with Crippen LogP contribution in [0.2, 0.25) is 0 Å². The highest BCUT2D eigenvalue weighted by Gasteiger charge is 2.36. The van der Waals surface area contributed by atoms with Crippen molar-refractivity contribution in [2.45, 2.75) is 32.1 Å². The number of likely N-dealkylation sites (N-methyl/N-ethyl adjacent to an activating group) is 1. The molecule has 39 heavy (non-hydrogen) atoms. The summed E-state index contributed by atoms with van der Waals surface area (Å²) >= 11 is 1.00. The minimum Gasteiger partial charge on any atom is -0.367 e. The van der Waals surface area contributed by atoms with Crippen LogP contribution < -0.4 is 21.1 Å². The van der Waals surface area contributed by atoms with Crippen molar-refractivity contribution in [3.8, 4) is 10.6 Å². The van der Waals surface area contributed by atoms with Crippen LogP contribution in [0, 0.1) is 5.82 Å². The Balaban J connectivity index is 1.81. The topological polar surface area (TPSA) is 110 Å². The second-order valence-electron chi connectivity index (χ2n) is 9.31. The Morgan fingerprint density at radius 2 is 1.79 bits per heavy atom. The number of benzene rings is 1. The number of halogens is 4. The molecule has 3 N–H and O–H groups in total. The molecule has 3 heterocycles. The first kappa shape index (κ1) is 28.2. The van der Waals surface area contributed by atoms with Crippen molar-refractivity contribution >= 4 is 34.5 Å². The van der Waals surface area contributed by atoms with E-state index < -0.39 is 40.5 Å². The maximum atomic E-state index is 15.5. The van der Waals surface area contributed by atoms with Crippen molar-refractivity contribution in [3.63, 3.8) is 0 Å². The molecule has 0 radical (unpaired) electrons. The molecule has 1 aliphatic rings. The number of hydrogen-bond acceptors (Lipinski definition) is 7. The molecule has 0 saturated carbocycles. The Morgan fingerprint density at radius 3 is 2.41 bits per heavy atom. The minimum atomic E-state index is -4.96. The summed E-state index contributed by atoms with van der Waals surface area (Å²) in [7, 11) is 3.38. The lowest BCUT2D eigenvalue weighted by molar-refractivity contribution is -0.138. The summed E-state index contributed by atoms with van der Waals surface area (Å²) in [4.78, 5) is 46.9. The zero-order valence-electron chi connectivity index (χ0n) is 21.4. The third kappa shape index (κ3) is 5.81. The van der Waals surface area contributed by atoms with Gasteiger partial charge in [-0.3, -0.25) is 19.3 Å². The van der Waals surface area contributed by atoms with Gasteiger partial charge in [-0.25, -0.2) is 9.37 Å². The number of rotatable bonds is 5. The van der Waals surface area contributed by atoms with Gasteiger partial charge in [-0.2, -0.15) is 13.2 Å². The van der Waals surface area contributed by atoms with Crippen LogP contribution in [-0.2, 0) is 6.18 Å². The van der Waals surface area contributed by atoms with Gasteiger partial charge in [0.25, 0.3) is 11.8 Å². The number of aromatic nitrogens is 2. The number of piperazine rings is 1. The highest BCUT2D eigenvalue weighted by Crippen LogP contribution is 2.38. The van der Waals surface area contributed by atoms with Gasteiger partial charge in [-0.15, -0.1) is 11.3 Å². The third-order valence-corrected chi connectivity index (χ3v) is 7.58. The number of H-pyrrole nitrogens is 1. The lowest BCUT2D eigenvalue weighted by Gasteiger charge is -2.44. The molecule has 0 spiro atoms. The SMILES string of the molecule is CNC(=O)c1csc(-c2cc(NC(=O)c3c[nH]c(=O)cc3C(F)(F)F)c(N3C[C@@H](C)N(C)[C@@H](C)C3)cc2F)n1. The average molecular weight is 567 g/mol. The number of aromatic amines is 1. The van der Waals surface area contributed by atoms with Gasteiger partial charge in [-0.05, 0) is 27.0 Å². The number of nitrogens with one attached hydrogen (secondary N) is 3. The van der Waals surface area contributed by atoms with Crippen molar-refractivity contribution in [1.82, 2.24) is 20.2 Å². The van der Waals surface area contributed by atoms with Crippen molar-refractivity contribution < 1.29 is 27.2 Å². The third-order valence-electron chi connectivity index (χ3n) is 6.70. The van der Waals surface area contributed by atoms with E-state index in [9.17, 15) is 27.6 Å². The predicted octanol–water partition coefficient (Wildman–Crippen LogP) is 3.80. The Hall–Kier alpha value is -3.78. The van der Waals surface area contributed by atoms with E-state index in [1.165, 1.54) is 24.6 Å². The summed E-state index contributed by atoms with van der Waals surface area (Å²) in [6.07, 6.45) is -4.27. The number of nitrogens with zero attached hydrogens (tertiary/aromatic N) is 3. The monoisotopic (exact) mass is 566 g/mol. The standard InChI is InChI=1S/C25H26F4N6O3S/c1-12-9-35(10-13(2)34(12)4)20-7-17(26)14(24-33-19(11-39-24)23(38)30-3)5-18(20)32-22(37)15-8-31-21(36)6-16(15)25(27,28)29/h5-8,11-13H,9-10H2,1-4H3,(H,30,38)(H,31,36)(H,32,37)/t12-,13+. The molecular weight excluding hydrogens is 540 g/mol. The first-order valence-corrected chi connectivity index (χ1v) is 12.8. The molecule has 9 nitrogen and oxygen atoms in total. The Morgan fingerprint density at radius 1 is 1.13 bits per heavy atom. The van der Waals surface area contributed by atoms with Crippen LogP contribution in [-0.4, -0.2) is 66.0 Å². The van der Waals surface area contributed by atoms with E-state index in [4.69, 9.17) is 0 Å². The summed E-state index contributed by atoms with van der Waals surface area (Å²) < 4.78 is 56.3. The van der Waals surface area contributed by atoms with Gasteiger partial charge < -0.3 is 20.5 Å². The molecule has 2 amide bonds. The number of amides is 2. The fraction of sp³-hybridized carbons (Fsp3) is 0.360. The molecular formula is C25H26F4N6O3S. The molecule has 1 fully saturated rings. The molecule has 208 valence electrons. The zero-order chi connectivity index (χ0) is 28.6. The molecule has 3 aromatic rings. The quantitative estimate of drug-likeness (QED) is 0.406. The molecule has 0 aliphatic carbocycles. The van der Waals surface area contributed by atoms with Crippen LogP contribution in [0.15, 0.2) is 34.6 Å². The van der Waals surface area contributed by atoms with Crippen LogP contribution >= 0.6 is 11.3 Å². The highest BCUT2D eigenvalue weighted by molar-refractivity contribution is 7.13. The van der Waals surface area contributed by atoms with Crippen LogP contribution in [0.25, 0.3) is 10.6 Å². The second-order valence-corrected chi connectivity index (χ2v) is 10.2. The molecule has 1 saturated heterocycles. The smallest absolute Gasteiger partial charge is 0.367 e. The van der Waals surface area contributed by atoms with Crippen LogP contribution in [0.3, 0.4) is 0 Å². The zero-order valence-corrected chi connectivity index (χ0v) is 22.3. The summed E-state index contributed by atoms with van der Waals surface area (Å²) in [6.45, 7) is 4.90. The van der Waals surface area contributed by atoms with Crippen molar-refractivity contribution in [3.05, 3.63) is 62.8 Å². The molecule has 1 aliphatic heterocycles. The van der Waals surface area contributed by atoms with E-state index in [-0.39, 0.29) is 39.7 Å². The maximum Gasteiger partial charge on any atom is 0.417 e. The fourth-order valence-corrected chi connectivity index (χ4v) is 5.22. The summed E-state index contributed by atoms with van der Waals surface area (Å²) in [5.74, 6) is -2.29. The largest absolute Gasteiger partial charge is 0.417 e. The normalized spacial score (nSPS) is 18.2. The predicted molar refractivity (Wildman–Crippen MR) is 140 cm³/mol. The number of alkyl halides is 3. The van der Waals surface area contributed by atoms with Crippen LogP contribution in [0.5, 0.6) is 0 Å². The van der Waals surface area contributed by atoms with Gasteiger partial charge in [0, 0.05) is 61.5 Å². The molecule has 1 aromatic carbocycles. The first-order chi connectivity index (χ1) is 18.3. The van der Waals surface area contributed by atoms with Crippen LogP contribution in [0.4, 0.5) is 28.9 Å². The van der Waals surface area contributed by atoms with Crippen molar-refractivity contribution in [1.29, 1.82) is 0 Å². The van der Waals surface area contributed by atoms with Crippen molar-refractivity contribution in [2.75, 3.05) is 37.4 Å². The van der Waals surface area contributed by atoms with Gasteiger partial charge in [0.05, 0.1) is 22.5 Å². The first-order valence-electron chi connectivity index (χ1n) is 11.9. The lowest BCUT2D eigenvalue weighted by atomic mass is 10.1. The number of anilines is 2. The van der Waals surface area contributed by atoms with E-state index in [1.807, 2.05) is 25.8 Å². The van der Waals surface area contributed by atoms with Gasteiger partial charge in [0.2, 0.25) is 5.56 Å². The van der Waals surface area contributed by atoms with E-state index >= 15 is 4.39 Å². The summed E-state index contributed by atoms with van der Waals surface area (Å²) in [6, 6.07) is 2.93. The van der Waals surface area contributed by atoms with Crippen molar-refractivity contribution in [2.24, 2.45) is 0 Å². The number of carbonyl (C=O) groups is 2. The Bertz CT molecular complexity index is 1460. The Labute approximate surface area is 224 Å². The van der Waals surface area contributed by atoms with E-state index in [0.29, 0.717) is 25.4 Å². The summed E-state index contributed by atoms with van der Waals surface area (Å²) in [5.41, 5.74) is -2.85. The second kappa shape index (κ2) is 10.8. The molecule has 2 aromatic heterocycles. The van der Waals surface area contributed by atoms with E-state index in [1.54, 1.807) is 0 Å². The minimum absolute atomic E-state index is 0.0399. The number of pyridine rings is 1. The number of hydrogen-bond donors (Lipinski definition) is 3. The Kier molecular flexibility index (Phi) is 7.80. The molecule has 4 rings (SSSR count). The molecule has 0 unspecified atom stereocenters. The maximum absolute atomic E-state index is 15.5. The number of thiazole rings is 1. The van der Waals surface area contributed by atoms with Gasteiger partial charge >= 0.3 is 6.18 Å². The highest BCUT2D eigenvalue weighted by atomic mass is 32.1. The van der Waals surface area contributed by atoms with Gasteiger partial charge in [0.1, 0.15) is 16.5 Å². The van der Waals surface area contributed by atoms with Gasteiger partial charge in [0.15, 0.2) is 0 Å². The van der Waals surface area contributed by atoms with Crippen LogP contribution in [0.1, 0.15) is 40.3 Å². The molecule has 0 bridgehead atoms. The lowest BCUT2D eigenvalue weighted by Crippen LogP contribution is -2.55. The van der Waals surface area contributed by atoms with E-state index in [0.717, 1.165) is 11.3 Å². The summed E-state index contributed by atoms with van der Waals surface area (Å²) in [5, 5.41) is 6.51.